The van der Waals surface area contributed by atoms with Crippen LogP contribution >= 0.6 is 0 Å². The fourth-order valence-electron chi connectivity index (χ4n) is 2.10. The van der Waals surface area contributed by atoms with Gasteiger partial charge in [-0.05, 0) is 37.0 Å². The Bertz CT molecular complexity index is 364. The average Bonchev–Trinajstić information content (AvgIpc) is 2.32. The van der Waals surface area contributed by atoms with Crippen molar-refractivity contribution < 1.29 is 13.5 Å². The molecule has 0 spiro atoms. The Hall–Kier alpha value is -1.00. The van der Waals surface area contributed by atoms with Crippen LogP contribution in [-0.2, 0) is 4.74 Å². The first-order valence-electron chi connectivity index (χ1n) is 5.47. The van der Waals surface area contributed by atoms with Gasteiger partial charge in [-0.15, -0.1) is 0 Å². The number of hydrogen-bond acceptors (Lipinski definition) is 2. The van der Waals surface area contributed by atoms with Crippen molar-refractivity contribution in [2.24, 2.45) is 11.7 Å². The Balaban J connectivity index is 2.18. The van der Waals surface area contributed by atoms with Crippen LogP contribution in [-0.4, -0.2) is 13.2 Å². The predicted octanol–water partition coefficient (Wildman–Crippen LogP) is 2.39. The first kappa shape index (κ1) is 11.5. The van der Waals surface area contributed by atoms with Crippen molar-refractivity contribution >= 4 is 0 Å². The number of benzene rings is 1. The second kappa shape index (κ2) is 4.89. The van der Waals surface area contributed by atoms with Gasteiger partial charge in [0.1, 0.15) is 11.6 Å². The molecule has 0 aromatic heterocycles. The molecule has 0 aliphatic carbocycles. The summed E-state index contributed by atoms with van der Waals surface area (Å²) in [5.41, 5.74) is 6.25. The van der Waals surface area contributed by atoms with Gasteiger partial charge in [-0.3, -0.25) is 0 Å². The molecule has 1 saturated heterocycles. The van der Waals surface area contributed by atoms with Crippen LogP contribution in [0.25, 0.3) is 0 Å². The van der Waals surface area contributed by atoms with Gasteiger partial charge in [0, 0.05) is 24.8 Å². The monoisotopic (exact) mass is 227 g/mol. The van der Waals surface area contributed by atoms with Gasteiger partial charge in [0.15, 0.2) is 0 Å². The van der Waals surface area contributed by atoms with Crippen molar-refractivity contribution in [1.29, 1.82) is 0 Å². The molecule has 2 nitrogen and oxygen atoms in total. The molecule has 1 aromatic carbocycles. The fraction of sp³-hybridized carbons (Fsp3) is 0.500. The fourth-order valence-corrected chi connectivity index (χ4v) is 2.10. The van der Waals surface area contributed by atoms with Gasteiger partial charge in [0.2, 0.25) is 0 Å². The summed E-state index contributed by atoms with van der Waals surface area (Å²) in [7, 11) is 0. The van der Waals surface area contributed by atoms with E-state index in [4.69, 9.17) is 10.5 Å². The molecule has 1 atom stereocenters. The second-order valence-electron chi connectivity index (χ2n) is 4.14. The van der Waals surface area contributed by atoms with Crippen molar-refractivity contribution in [2.45, 2.75) is 18.9 Å². The van der Waals surface area contributed by atoms with E-state index >= 15 is 0 Å². The van der Waals surface area contributed by atoms with Crippen molar-refractivity contribution in [3.05, 3.63) is 35.4 Å². The number of halogens is 2. The van der Waals surface area contributed by atoms with Crippen LogP contribution in [0.2, 0.25) is 0 Å². The largest absolute Gasteiger partial charge is 0.381 e. The van der Waals surface area contributed by atoms with E-state index in [0.29, 0.717) is 13.2 Å². The molecule has 2 rings (SSSR count). The van der Waals surface area contributed by atoms with Gasteiger partial charge < -0.3 is 10.5 Å². The highest BCUT2D eigenvalue weighted by Gasteiger charge is 2.24. The van der Waals surface area contributed by atoms with Crippen LogP contribution in [0.3, 0.4) is 0 Å². The van der Waals surface area contributed by atoms with Gasteiger partial charge in [-0.25, -0.2) is 8.78 Å². The summed E-state index contributed by atoms with van der Waals surface area (Å²) >= 11 is 0. The van der Waals surface area contributed by atoms with Crippen LogP contribution < -0.4 is 5.73 Å². The van der Waals surface area contributed by atoms with Crippen molar-refractivity contribution in [3.63, 3.8) is 0 Å². The number of rotatable bonds is 2. The van der Waals surface area contributed by atoms with Gasteiger partial charge in [-0.1, -0.05) is 0 Å². The molecular formula is C12H15F2NO. The summed E-state index contributed by atoms with van der Waals surface area (Å²) < 4.78 is 31.7. The lowest BCUT2D eigenvalue weighted by atomic mass is 9.87. The minimum absolute atomic E-state index is 0.171. The van der Waals surface area contributed by atoms with E-state index in [0.717, 1.165) is 25.0 Å². The highest BCUT2D eigenvalue weighted by molar-refractivity contribution is 5.22. The summed E-state index contributed by atoms with van der Waals surface area (Å²) in [5, 5.41) is 0. The van der Waals surface area contributed by atoms with Crippen LogP contribution in [0.5, 0.6) is 0 Å². The molecule has 88 valence electrons. The van der Waals surface area contributed by atoms with Gasteiger partial charge in [-0.2, -0.15) is 0 Å². The normalized spacial score (nSPS) is 19.7. The van der Waals surface area contributed by atoms with E-state index in [1.165, 1.54) is 6.07 Å². The molecule has 0 amide bonds. The SMILES string of the molecule is N[C@@H](c1cc(F)ccc1F)C1CCOCC1. The van der Waals surface area contributed by atoms with E-state index < -0.39 is 17.7 Å². The lowest BCUT2D eigenvalue weighted by molar-refractivity contribution is 0.0579. The van der Waals surface area contributed by atoms with E-state index in [1.807, 2.05) is 0 Å². The topological polar surface area (TPSA) is 35.2 Å². The maximum atomic E-state index is 13.5. The molecule has 4 heteroatoms. The van der Waals surface area contributed by atoms with E-state index in [-0.39, 0.29) is 11.5 Å². The van der Waals surface area contributed by atoms with Crippen LogP contribution in [0.4, 0.5) is 8.78 Å². The third-order valence-electron chi connectivity index (χ3n) is 3.09. The Labute approximate surface area is 93.4 Å². The van der Waals surface area contributed by atoms with Crippen molar-refractivity contribution in [2.75, 3.05) is 13.2 Å². The molecule has 1 aromatic rings. The van der Waals surface area contributed by atoms with Gasteiger partial charge in [0.25, 0.3) is 0 Å². The first-order valence-corrected chi connectivity index (χ1v) is 5.47. The quantitative estimate of drug-likeness (QED) is 0.842. The number of nitrogens with two attached hydrogens (primary N) is 1. The molecule has 0 saturated carbocycles. The molecule has 0 bridgehead atoms. The molecule has 0 radical (unpaired) electrons. The third-order valence-corrected chi connectivity index (χ3v) is 3.09. The average molecular weight is 227 g/mol. The minimum Gasteiger partial charge on any atom is -0.381 e. The Morgan fingerprint density at radius 1 is 1.25 bits per heavy atom. The minimum atomic E-state index is -0.445. The Kier molecular flexibility index (Phi) is 3.51. The zero-order valence-electron chi connectivity index (χ0n) is 8.96. The zero-order chi connectivity index (χ0) is 11.5. The smallest absolute Gasteiger partial charge is 0.128 e. The summed E-state index contributed by atoms with van der Waals surface area (Å²) in [6.07, 6.45) is 1.61. The molecule has 1 fully saturated rings. The van der Waals surface area contributed by atoms with E-state index in [2.05, 4.69) is 0 Å². The molecular weight excluding hydrogens is 212 g/mol. The lowest BCUT2D eigenvalue weighted by Crippen LogP contribution is -2.28. The number of hydrogen-bond donors (Lipinski definition) is 1. The summed E-state index contributed by atoms with van der Waals surface area (Å²) in [6, 6.07) is 2.98. The molecule has 1 aliphatic heterocycles. The molecule has 0 unspecified atom stereocenters. The Morgan fingerprint density at radius 3 is 2.62 bits per heavy atom. The number of ether oxygens (including phenoxy) is 1. The van der Waals surface area contributed by atoms with Crippen molar-refractivity contribution in [1.82, 2.24) is 0 Å². The summed E-state index contributed by atoms with van der Waals surface area (Å²) in [4.78, 5) is 0. The molecule has 1 aliphatic rings. The standard InChI is InChI=1S/C12H15F2NO/c13-9-1-2-11(14)10(7-9)12(15)8-3-5-16-6-4-8/h1-2,7-8,12H,3-6,15H2/t12-/m1/s1. The third kappa shape index (κ3) is 2.39. The van der Waals surface area contributed by atoms with E-state index in [1.54, 1.807) is 0 Å². The van der Waals surface area contributed by atoms with Crippen LogP contribution in [0.1, 0.15) is 24.4 Å². The van der Waals surface area contributed by atoms with Crippen molar-refractivity contribution in [3.8, 4) is 0 Å². The highest BCUT2D eigenvalue weighted by Crippen LogP contribution is 2.29. The molecule has 16 heavy (non-hydrogen) atoms. The lowest BCUT2D eigenvalue weighted by Gasteiger charge is -2.28. The van der Waals surface area contributed by atoms with Crippen LogP contribution in [0.15, 0.2) is 18.2 Å². The zero-order valence-corrected chi connectivity index (χ0v) is 8.96. The van der Waals surface area contributed by atoms with Gasteiger partial charge in [0.05, 0.1) is 0 Å². The van der Waals surface area contributed by atoms with Crippen LogP contribution in [0, 0.1) is 17.6 Å². The highest BCUT2D eigenvalue weighted by atomic mass is 19.1. The summed E-state index contributed by atoms with van der Waals surface area (Å²) in [6.45, 7) is 1.30. The molecule has 1 heterocycles. The Morgan fingerprint density at radius 2 is 1.94 bits per heavy atom. The maximum absolute atomic E-state index is 13.5. The second-order valence-corrected chi connectivity index (χ2v) is 4.14. The summed E-state index contributed by atoms with van der Waals surface area (Å²) in [5.74, 6) is -0.704. The maximum Gasteiger partial charge on any atom is 0.128 e. The molecule has 2 N–H and O–H groups in total. The van der Waals surface area contributed by atoms with E-state index in [9.17, 15) is 8.78 Å². The first-order chi connectivity index (χ1) is 7.68. The van der Waals surface area contributed by atoms with Gasteiger partial charge >= 0.3 is 0 Å². The predicted molar refractivity (Wildman–Crippen MR) is 56.8 cm³/mol.